The summed E-state index contributed by atoms with van der Waals surface area (Å²) in [5.74, 6) is 6.78. The summed E-state index contributed by atoms with van der Waals surface area (Å²) in [7, 11) is 0. The zero-order valence-corrected chi connectivity index (χ0v) is 11.1. The Bertz CT molecular complexity index is 333. The van der Waals surface area contributed by atoms with Crippen LogP contribution in [-0.4, -0.2) is 16.6 Å². The number of hydrogen-bond acceptors (Lipinski definition) is 5. The van der Waals surface area contributed by atoms with E-state index in [1.807, 2.05) is 0 Å². The van der Waals surface area contributed by atoms with Crippen molar-refractivity contribution in [3.05, 3.63) is 10.7 Å². The van der Waals surface area contributed by atoms with E-state index in [1.165, 1.54) is 0 Å². The summed E-state index contributed by atoms with van der Waals surface area (Å²) < 4.78 is 6.27. The van der Waals surface area contributed by atoms with Gasteiger partial charge in [-0.15, -0.1) is 0 Å². The van der Waals surface area contributed by atoms with Gasteiger partial charge in [-0.1, -0.05) is 13.8 Å². The van der Waals surface area contributed by atoms with Gasteiger partial charge in [0, 0.05) is 0 Å². The van der Waals surface area contributed by atoms with E-state index in [0.717, 1.165) is 17.3 Å². The number of nitrogens with zero attached hydrogens (tertiary/aromatic N) is 2. The first-order valence-corrected chi connectivity index (χ1v) is 6.04. The highest BCUT2D eigenvalue weighted by Gasteiger charge is 2.05. The lowest BCUT2D eigenvalue weighted by Crippen LogP contribution is -2.11. The number of rotatable bonds is 6. The third kappa shape index (κ3) is 4.32. The Morgan fingerprint density at radius 3 is 2.94 bits per heavy atom. The minimum absolute atomic E-state index is 0.349. The second-order valence-electron chi connectivity index (χ2n) is 3.88. The van der Waals surface area contributed by atoms with Gasteiger partial charge in [-0.25, -0.2) is 10.8 Å². The van der Waals surface area contributed by atoms with Gasteiger partial charge >= 0.3 is 0 Å². The van der Waals surface area contributed by atoms with Crippen molar-refractivity contribution in [1.29, 1.82) is 0 Å². The van der Waals surface area contributed by atoms with Crippen LogP contribution in [0.15, 0.2) is 10.7 Å². The highest BCUT2D eigenvalue weighted by atomic mass is 79.9. The molecule has 0 spiro atoms. The van der Waals surface area contributed by atoms with Crippen LogP contribution in [0.5, 0.6) is 5.88 Å². The third-order valence-electron chi connectivity index (χ3n) is 2.01. The fourth-order valence-corrected chi connectivity index (χ4v) is 1.49. The molecule has 0 aromatic carbocycles. The second-order valence-corrected chi connectivity index (χ2v) is 4.73. The Balaban J connectivity index is 2.46. The van der Waals surface area contributed by atoms with E-state index in [2.05, 4.69) is 45.2 Å². The lowest BCUT2D eigenvalue weighted by atomic mass is 10.1. The molecule has 1 heterocycles. The molecule has 0 saturated heterocycles. The molecule has 0 amide bonds. The molecule has 1 aromatic rings. The van der Waals surface area contributed by atoms with Gasteiger partial charge < -0.3 is 4.74 Å². The third-order valence-corrected chi connectivity index (χ3v) is 2.55. The Morgan fingerprint density at radius 2 is 2.31 bits per heavy atom. The molecule has 0 radical (unpaired) electrons. The molecule has 3 N–H and O–H groups in total. The Labute approximate surface area is 104 Å². The van der Waals surface area contributed by atoms with E-state index in [1.54, 1.807) is 6.20 Å². The molecule has 1 aromatic heterocycles. The average molecular weight is 289 g/mol. The standard InChI is InChI=1S/C10H17BrN4O/c1-7(2)4-3-5-16-9-8(11)6-13-10(14-9)15-12/h6-7H,3-5,12H2,1-2H3,(H,13,14,15). The van der Waals surface area contributed by atoms with E-state index < -0.39 is 0 Å². The first-order valence-electron chi connectivity index (χ1n) is 5.25. The van der Waals surface area contributed by atoms with Gasteiger partial charge in [0.05, 0.1) is 17.3 Å². The summed E-state index contributed by atoms with van der Waals surface area (Å²) in [6, 6.07) is 0. The van der Waals surface area contributed by atoms with Gasteiger partial charge in [0.1, 0.15) is 0 Å². The SMILES string of the molecule is CC(C)CCCOc1nc(NN)ncc1Br. The summed E-state index contributed by atoms with van der Waals surface area (Å²) in [5.41, 5.74) is 2.38. The zero-order chi connectivity index (χ0) is 12.0. The minimum atomic E-state index is 0.349. The van der Waals surface area contributed by atoms with Crippen molar-refractivity contribution in [2.24, 2.45) is 11.8 Å². The molecule has 16 heavy (non-hydrogen) atoms. The highest BCUT2D eigenvalue weighted by molar-refractivity contribution is 9.10. The van der Waals surface area contributed by atoms with E-state index >= 15 is 0 Å². The van der Waals surface area contributed by atoms with E-state index in [9.17, 15) is 0 Å². The molecule has 1 rings (SSSR count). The number of hydrazine groups is 1. The average Bonchev–Trinajstić information content (AvgIpc) is 2.26. The van der Waals surface area contributed by atoms with Crippen LogP contribution in [0.2, 0.25) is 0 Å². The topological polar surface area (TPSA) is 73.1 Å². The number of nitrogens with two attached hydrogens (primary N) is 1. The van der Waals surface area contributed by atoms with Crippen LogP contribution in [-0.2, 0) is 0 Å². The number of halogens is 1. The van der Waals surface area contributed by atoms with Crippen LogP contribution in [0.4, 0.5) is 5.95 Å². The molecule has 0 atom stereocenters. The van der Waals surface area contributed by atoms with Gasteiger partial charge in [0.15, 0.2) is 0 Å². The normalized spacial score (nSPS) is 10.6. The van der Waals surface area contributed by atoms with Crippen LogP contribution in [0, 0.1) is 5.92 Å². The number of nitrogens with one attached hydrogen (secondary N) is 1. The molecule has 0 fully saturated rings. The molecule has 0 unspecified atom stereocenters. The maximum absolute atomic E-state index is 5.54. The summed E-state index contributed by atoms with van der Waals surface area (Å²) >= 11 is 3.32. The molecule has 0 bridgehead atoms. The lowest BCUT2D eigenvalue weighted by Gasteiger charge is -2.08. The molecule has 0 saturated carbocycles. The Hall–Kier alpha value is -0.880. The van der Waals surface area contributed by atoms with Crippen molar-refractivity contribution in [3.8, 4) is 5.88 Å². The predicted octanol–water partition coefficient (Wildman–Crippen LogP) is 2.34. The monoisotopic (exact) mass is 288 g/mol. The summed E-state index contributed by atoms with van der Waals surface area (Å²) in [4.78, 5) is 8.03. The van der Waals surface area contributed by atoms with Gasteiger partial charge in [0.2, 0.25) is 11.8 Å². The Morgan fingerprint density at radius 1 is 1.56 bits per heavy atom. The number of aromatic nitrogens is 2. The van der Waals surface area contributed by atoms with Crippen molar-refractivity contribution >= 4 is 21.9 Å². The molecule has 0 aliphatic rings. The summed E-state index contributed by atoms with van der Waals surface area (Å²) in [6.07, 6.45) is 3.77. The molecule has 90 valence electrons. The summed E-state index contributed by atoms with van der Waals surface area (Å²) in [5, 5.41) is 0. The smallest absolute Gasteiger partial charge is 0.240 e. The van der Waals surface area contributed by atoms with Crippen molar-refractivity contribution in [3.63, 3.8) is 0 Å². The van der Waals surface area contributed by atoms with Crippen molar-refractivity contribution in [1.82, 2.24) is 9.97 Å². The number of ether oxygens (including phenoxy) is 1. The zero-order valence-electron chi connectivity index (χ0n) is 9.53. The van der Waals surface area contributed by atoms with Crippen LogP contribution >= 0.6 is 15.9 Å². The van der Waals surface area contributed by atoms with Crippen LogP contribution < -0.4 is 16.0 Å². The predicted molar refractivity (Wildman–Crippen MR) is 67.1 cm³/mol. The van der Waals surface area contributed by atoms with Crippen LogP contribution in [0.1, 0.15) is 26.7 Å². The molecular weight excluding hydrogens is 272 g/mol. The number of anilines is 1. The van der Waals surface area contributed by atoms with Gasteiger partial charge in [-0.3, -0.25) is 5.43 Å². The van der Waals surface area contributed by atoms with Gasteiger partial charge in [0.25, 0.3) is 0 Å². The van der Waals surface area contributed by atoms with E-state index in [4.69, 9.17) is 10.6 Å². The van der Waals surface area contributed by atoms with E-state index in [-0.39, 0.29) is 0 Å². The molecular formula is C10H17BrN4O. The minimum Gasteiger partial charge on any atom is -0.477 e. The lowest BCUT2D eigenvalue weighted by molar-refractivity contribution is 0.285. The highest BCUT2D eigenvalue weighted by Crippen LogP contribution is 2.22. The van der Waals surface area contributed by atoms with Crippen molar-refractivity contribution in [2.75, 3.05) is 12.0 Å². The molecule has 6 heteroatoms. The quantitative estimate of drug-likeness (QED) is 0.478. The Kier molecular flexibility index (Phi) is 5.48. The number of hydrogen-bond donors (Lipinski definition) is 2. The van der Waals surface area contributed by atoms with E-state index in [0.29, 0.717) is 24.4 Å². The fraction of sp³-hybridized carbons (Fsp3) is 0.600. The number of nitrogen functional groups attached to an aromatic ring is 1. The maximum Gasteiger partial charge on any atom is 0.240 e. The van der Waals surface area contributed by atoms with Crippen molar-refractivity contribution in [2.45, 2.75) is 26.7 Å². The molecule has 0 aliphatic carbocycles. The second kappa shape index (κ2) is 6.65. The maximum atomic E-state index is 5.54. The fourth-order valence-electron chi connectivity index (χ4n) is 1.18. The molecule has 0 aliphatic heterocycles. The van der Waals surface area contributed by atoms with Crippen molar-refractivity contribution < 1.29 is 4.74 Å². The largest absolute Gasteiger partial charge is 0.477 e. The van der Waals surface area contributed by atoms with Crippen LogP contribution in [0.25, 0.3) is 0 Å². The van der Waals surface area contributed by atoms with Gasteiger partial charge in [-0.05, 0) is 34.7 Å². The molecule has 5 nitrogen and oxygen atoms in total. The summed E-state index contributed by atoms with van der Waals surface area (Å²) in [6.45, 7) is 5.03. The van der Waals surface area contributed by atoms with Crippen LogP contribution in [0.3, 0.4) is 0 Å². The van der Waals surface area contributed by atoms with Gasteiger partial charge in [-0.2, -0.15) is 4.98 Å². The first-order chi connectivity index (χ1) is 7.63. The first kappa shape index (κ1) is 13.2.